The molecule has 1 atom stereocenters. The Hall–Kier alpha value is -1.35. The zero-order chi connectivity index (χ0) is 13.0. The number of hydrogen-bond donors (Lipinski definition) is 1. The van der Waals surface area contributed by atoms with Crippen LogP contribution in [-0.4, -0.2) is 37.0 Å². The van der Waals surface area contributed by atoms with Crippen LogP contribution in [-0.2, 0) is 0 Å². The van der Waals surface area contributed by atoms with Crippen LogP contribution >= 0.6 is 0 Å². The Bertz CT molecular complexity index is 417. The average Bonchev–Trinajstić information content (AvgIpc) is 2.75. The standard InChI is InChI=1S/C15H22N2O/c1-12-6-3-4-8-14(12)15(18)16-10-9-13-7-5-11-17(13)2/h3-4,6,8,13H,5,7,9-11H2,1-2H3,(H,16,18). The number of amides is 1. The molecule has 18 heavy (non-hydrogen) atoms. The van der Waals surface area contributed by atoms with Crippen molar-refractivity contribution in [1.29, 1.82) is 0 Å². The highest BCUT2D eigenvalue weighted by atomic mass is 16.1. The Labute approximate surface area is 109 Å². The molecule has 98 valence electrons. The molecule has 1 aromatic carbocycles. The van der Waals surface area contributed by atoms with Crippen LogP contribution in [0.4, 0.5) is 0 Å². The number of carbonyl (C=O) groups excluding carboxylic acids is 1. The van der Waals surface area contributed by atoms with E-state index in [0.29, 0.717) is 6.04 Å². The monoisotopic (exact) mass is 246 g/mol. The minimum absolute atomic E-state index is 0.0498. The molecule has 0 saturated carbocycles. The summed E-state index contributed by atoms with van der Waals surface area (Å²) in [4.78, 5) is 14.4. The van der Waals surface area contributed by atoms with Crippen molar-refractivity contribution in [1.82, 2.24) is 10.2 Å². The lowest BCUT2D eigenvalue weighted by molar-refractivity contribution is 0.0949. The molecule has 0 spiro atoms. The van der Waals surface area contributed by atoms with Crippen LogP contribution in [0.3, 0.4) is 0 Å². The van der Waals surface area contributed by atoms with Crippen molar-refractivity contribution < 1.29 is 4.79 Å². The van der Waals surface area contributed by atoms with Gasteiger partial charge in [0.25, 0.3) is 5.91 Å². The maximum Gasteiger partial charge on any atom is 0.251 e. The Balaban J connectivity index is 1.80. The summed E-state index contributed by atoms with van der Waals surface area (Å²) >= 11 is 0. The molecule has 1 N–H and O–H groups in total. The molecule has 1 unspecified atom stereocenters. The molecule has 0 aliphatic carbocycles. The molecule has 1 heterocycles. The molecule has 1 amide bonds. The summed E-state index contributed by atoms with van der Waals surface area (Å²) < 4.78 is 0. The summed E-state index contributed by atoms with van der Waals surface area (Å²) in [6.45, 7) is 3.93. The molecule has 2 rings (SSSR count). The van der Waals surface area contributed by atoms with Crippen molar-refractivity contribution >= 4 is 5.91 Å². The lowest BCUT2D eigenvalue weighted by Crippen LogP contribution is -2.32. The van der Waals surface area contributed by atoms with Gasteiger partial charge in [-0.3, -0.25) is 4.79 Å². The fraction of sp³-hybridized carbons (Fsp3) is 0.533. The first-order valence-electron chi connectivity index (χ1n) is 6.72. The predicted molar refractivity (Wildman–Crippen MR) is 73.8 cm³/mol. The van der Waals surface area contributed by atoms with Crippen LogP contribution in [0.5, 0.6) is 0 Å². The van der Waals surface area contributed by atoms with Crippen LogP contribution in [0.25, 0.3) is 0 Å². The summed E-state index contributed by atoms with van der Waals surface area (Å²) in [7, 11) is 2.17. The quantitative estimate of drug-likeness (QED) is 0.883. The SMILES string of the molecule is Cc1ccccc1C(=O)NCCC1CCCN1C. The molecule has 1 aliphatic heterocycles. The van der Waals surface area contributed by atoms with Gasteiger partial charge in [-0.2, -0.15) is 0 Å². The fourth-order valence-electron chi connectivity index (χ4n) is 2.62. The Morgan fingerprint density at radius 3 is 2.89 bits per heavy atom. The average molecular weight is 246 g/mol. The van der Waals surface area contributed by atoms with Crippen molar-refractivity contribution in [2.45, 2.75) is 32.2 Å². The molecule has 3 nitrogen and oxygen atoms in total. The van der Waals surface area contributed by atoms with E-state index < -0.39 is 0 Å². The predicted octanol–water partition coefficient (Wildman–Crippen LogP) is 2.21. The fourth-order valence-corrected chi connectivity index (χ4v) is 2.62. The Morgan fingerprint density at radius 2 is 2.22 bits per heavy atom. The van der Waals surface area contributed by atoms with Gasteiger partial charge >= 0.3 is 0 Å². The third kappa shape index (κ3) is 3.10. The molecule has 0 radical (unpaired) electrons. The van der Waals surface area contributed by atoms with E-state index in [0.717, 1.165) is 24.1 Å². The number of rotatable bonds is 4. The van der Waals surface area contributed by atoms with Gasteiger partial charge in [0.15, 0.2) is 0 Å². The van der Waals surface area contributed by atoms with Gasteiger partial charge in [0.05, 0.1) is 0 Å². The van der Waals surface area contributed by atoms with E-state index in [4.69, 9.17) is 0 Å². The first-order chi connectivity index (χ1) is 8.68. The molecule has 0 aromatic heterocycles. The molecular formula is C15H22N2O. The molecule has 3 heteroatoms. The van der Waals surface area contributed by atoms with Crippen LogP contribution in [0.1, 0.15) is 35.2 Å². The second-order valence-corrected chi connectivity index (χ2v) is 5.14. The van der Waals surface area contributed by atoms with E-state index in [1.807, 2.05) is 31.2 Å². The van der Waals surface area contributed by atoms with E-state index in [2.05, 4.69) is 17.3 Å². The number of nitrogens with one attached hydrogen (secondary N) is 1. The molecule has 1 fully saturated rings. The molecule has 1 aromatic rings. The Morgan fingerprint density at radius 1 is 1.44 bits per heavy atom. The van der Waals surface area contributed by atoms with Crippen molar-refractivity contribution in [3.8, 4) is 0 Å². The lowest BCUT2D eigenvalue weighted by Gasteiger charge is -2.19. The normalized spacial score (nSPS) is 20.0. The largest absolute Gasteiger partial charge is 0.352 e. The third-order valence-corrected chi connectivity index (χ3v) is 3.82. The Kier molecular flexibility index (Phi) is 4.37. The van der Waals surface area contributed by atoms with Crippen molar-refractivity contribution in [3.63, 3.8) is 0 Å². The van der Waals surface area contributed by atoms with E-state index in [1.165, 1.54) is 19.4 Å². The van der Waals surface area contributed by atoms with Gasteiger partial charge in [-0.15, -0.1) is 0 Å². The summed E-state index contributed by atoms with van der Waals surface area (Å²) in [6.07, 6.45) is 3.60. The zero-order valence-corrected chi connectivity index (χ0v) is 11.3. The van der Waals surface area contributed by atoms with Crippen LogP contribution < -0.4 is 5.32 Å². The highest BCUT2D eigenvalue weighted by Crippen LogP contribution is 2.17. The van der Waals surface area contributed by atoms with Crippen molar-refractivity contribution in [2.75, 3.05) is 20.1 Å². The number of hydrogen-bond acceptors (Lipinski definition) is 2. The van der Waals surface area contributed by atoms with Crippen molar-refractivity contribution in [2.24, 2.45) is 0 Å². The van der Waals surface area contributed by atoms with Gasteiger partial charge in [0.1, 0.15) is 0 Å². The number of benzene rings is 1. The van der Waals surface area contributed by atoms with E-state index in [-0.39, 0.29) is 5.91 Å². The maximum atomic E-state index is 12.0. The molecule has 0 bridgehead atoms. The van der Waals surface area contributed by atoms with Crippen molar-refractivity contribution in [3.05, 3.63) is 35.4 Å². The van der Waals surface area contributed by atoms with E-state index >= 15 is 0 Å². The highest BCUT2D eigenvalue weighted by Gasteiger charge is 2.20. The van der Waals surface area contributed by atoms with Gasteiger partial charge in [-0.1, -0.05) is 18.2 Å². The smallest absolute Gasteiger partial charge is 0.251 e. The van der Waals surface area contributed by atoms with Gasteiger partial charge in [0, 0.05) is 18.2 Å². The number of aryl methyl sites for hydroxylation is 1. The number of carbonyl (C=O) groups is 1. The van der Waals surface area contributed by atoms with Gasteiger partial charge in [-0.05, 0) is 51.4 Å². The van der Waals surface area contributed by atoms with Gasteiger partial charge in [-0.25, -0.2) is 0 Å². The lowest BCUT2D eigenvalue weighted by atomic mass is 10.1. The molecule has 1 saturated heterocycles. The van der Waals surface area contributed by atoms with Gasteiger partial charge in [0.2, 0.25) is 0 Å². The van der Waals surface area contributed by atoms with E-state index in [9.17, 15) is 4.79 Å². The number of likely N-dealkylation sites (tertiary alicyclic amines) is 1. The highest BCUT2D eigenvalue weighted by molar-refractivity contribution is 5.95. The van der Waals surface area contributed by atoms with E-state index in [1.54, 1.807) is 0 Å². The maximum absolute atomic E-state index is 12.0. The summed E-state index contributed by atoms with van der Waals surface area (Å²) in [5, 5.41) is 3.02. The first kappa shape index (κ1) is 13.1. The molecule has 1 aliphatic rings. The zero-order valence-electron chi connectivity index (χ0n) is 11.3. The minimum Gasteiger partial charge on any atom is -0.352 e. The van der Waals surface area contributed by atoms with Crippen LogP contribution in [0.2, 0.25) is 0 Å². The summed E-state index contributed by atoms with van der Waals surface area (Å²) in [5.41, 5.74) is 1.82. The number of nitrogens with zero attached hydrogens (tertiary/aromatic N) is 1. The van der Waals surface area contributed by atoms with Gasteiger partial charge < -0.3 is 10.2 Å². The van der Waals surface area contributed by atoms with Crippen LogP contribution in [0.15, 0.2) is 24.3 Å². The first-order valence-corrected chi connectivity index (χ1v) is 6.72. The second kappa shape index (κ2) is 6.01. The van der Waals surface area contributed by atoms with Crippen LogP contribution in [0, 0.1) is 6.92 Å². The summed E-state index contributed by atoms with van der Waals surface area (Å²) in [6, 6.07) is 8.36. The molecular weight excluding hydrogens is 224 g/mol. The second-order valence-electron chi connectivity index (χ2n) is 5.14. The summed E-state index contributed by atoms with van der Waals surface area (Å²) in [5.74, 6) is 0.0498. The topological polar surface area (TPSA) is 32.3 Å². The minimum atomic E-state index is 0.0498. The third-order valence-electron chi connectivity index (χ3n) is 3.82.